The predicted octanol–water partition coefficient (Wildman–Crippen LogP) is -1.11. The second-order valence-corrected chi connectivity index (χ2v) is 6.79. The van der Waals surface area contributed by atoms with Crippen molar-refractivity contribution < 1.29 is 39.1 Å². The smallest absolute Gasteiger partial charge is 0.331 e. The number of allylic oxidation sites excluding steroid dienone is 1. The molecular weight excluding hydrogens is 358 g/mol. The van der Waals surface area contributed by atoms with Crippen molar-refractivity contribution in [1.29, 1.82) is 0 Å². The van der Waals surface area contributed by atoms with Crippen LogP contribution < -0.4 is 5.32 Å². The zero-order valence-corrected chi connectivity index (χ0v) is 14.9. The lowest BCUT2D eigenvalue weighted by atomic mass is 9.88. The topological polar surface area (TPSA) is 135 Å². The number of rotatable bonds is 4. The van der Waals surface area contributed by atoms with Gasteiger partial charge in [0, 0.05) is 18.9 Å². The number of aliphatic hydroxyl groups excluding tert-OH is 3. The molecule has 2 heterocycles. The molecule has 0 aromatic heterocycles. The van der Waals surface area contributed by atoms with Crippen molar-refractivity contribution in [1.82, 2.24) is 5.32 Å². The van der Waals surface area contributed by atoms with Crippen LogP contribution in [0.5, 0.6) is 0 Å². The van der Waals surface area contributed by atoms with E-state index in [1.54, 1.807) is 12.2 Å². The van der Waals surface area contributed by atoms with E-state index in [1.165, 1.54) is 13.0 Å². The number of carbonyl (C=O) groups is 2. The molecule has 4 N–H and O–H groups in total. The molecule has 0 bridgehead atoms. The summed E-state index contributed by atoms with van der Waals surface area (Å²) >= 11 is 0. The van der Waals surface area contributed by atoms with E-state index in [1.807, 2.05) is 13.0 Å². The molecule has 1 saturated heterocycles. The molecule has 3 rings (SSSR count). The van der Waals surface area contributed by atoms with Crippen LogP contribution in [0.4, 0.5) is 0 Å². The second-order valence-electron chi connectivity index (χ2n) is 6.79. The SMILES string of the molecule is CC(=O)N[C@H]1[C@H](OC2=C[C@@H]3OC(=O)C=C(C)[C@@H]3C=C2)O[C@H](CO)[C@@H](O)[C@@H]1O. The van der Waals surface area contributed by atoms with Crippen molar-refractivity contribution in [3.05, 3.63) is 35.6 Å². The van der Waals surface area contributed by atoms with E-state index in [2.05, 4.69) is 5.32 Å². The Labute approximate surface area is 155 Å². The number of ether oxygens (including phenoxy) is 3. The summed E-state index contributed by atoms with van der Waals surface area (Å²) in [7, 11) is 0. The molecule has 7 atom stereocenters. The Hall–Kier alpha value is -2.20. The molecule has 2 aliphatic heterocycles. The highest BCUT2D eigenvalue weighted by molar-refractivity contribution is 5.84. The first-order chi connectivity index (χ1) is 12.8. The fraction of sp³-hybridized carbons (Fsp3) is 0.556. The van der Waals surface area contributed by atoms with Crippen LogP contribution in [0.2, 0.25) is 0 Å². The summed E-state index contributed by atoms with van der Waals surface area (Å²) in [6.45, 7) is 2.56. The molecule has 148 valence electrons. The number of nitrogens with one attached hydrogen (secondary N) is 1. The fourth-order valence-corrected chi connectivity index (χ4v) is 3.38. The second kappa shape index (κ2) is 7.81. The van der Waals surface area contributed by atoms with E-state index in [0.717, 1.165) is 5.57 Å². The van der Waals surface area contributed by atoms with E-state index >= 15 is 0 Å². The maximum atomic E-state index is 11.6. The number of fused-ring (bicyclic) bond motifs is 1. The average Bonchev–Trinajstić information content (AvgIpc) is 2.60. The molecular formula is C18H23NO8. The first kappa shape index (κ1) is 19.6. The van der Waals surface area contributed by atoms with Crippen molar-refractivity contribution in [3.63, 3.8) is 0 Å². The van der Waals surface area contributed by atoms with Gasteiger partial charge >= 0.3 is 5.97 Å². The maximum Gasteiger partial charge on any atom is 0.331 e. The van der Waals surface area contributed by atoms with Gasteiger partial charge in [-0.05, 0) is 19.1 Å². The zero-order valence-electron chi connectivity index (χ0n) is 14.9. The van der Waals surface area contributed by atoms with Gasteiger partial charge in [-0.15, -0.1) is 0 Å². The van der Waals surface area contributed by atoms with E-state index in [0.29, 0.717) is 5.76 Å². The number of hydrogen-bond donors (Lipinski definition) is 4. The Bertz CT molecular complexity index is 699. The molecule has 27 heavy (non-hydrogen) atoms. The summed E-state index contributed by atoms with van der Waals surface area (Å²) in [5.74, 6) is -0.657. The molecule has 1 amide bonds. The van der Waals surface area contributed by atoms with Crippen LogP contribution in [0.15, 0.2) is 35.6 Å². The van der Waals surface area contributed by atoms with Crippen LogP contribution in [0.1, 0.15) is 13.8 Å². The first-order valence-corrected chi connectivity index (χ1v) is 8.65. The molecule has 0 radical (unpaired) electrons. The number of aliphatic hydroxyl groups is 3. The van der Waals surface area contributed by atoms with Gasteiger partial charge in [0.05, 0.1) is 6.61 Å². The molecule has 3 aliphatic rings. The molecule has 0 spiro atoms. The van der Waals surface area contributed by atoms with Crippen LogP contribution in [0.3, 0.4) is 0 Å². The molecule has 0 saturated carbocycles. The van der Waals surface area contributed by atoms with Crippen molar-refractivity contribution in [2.24, 2.45) is 5.92 Å². The number of esters is 1. The highest BCUT2D eigenvalue weighted by Gasteiger charge is 2.46. The number of carbonyl (C=O) groups excluding carboxylic acids is 2. The molecule has 0 aromatic carbocycles. The van der Waals surface area contributed by atoms with Gasteiger partial charge in [0.2, 0.25) is 12.2 Å². The molecule has 1 aliphatic carbocycles. The number of amides is 1. The third-order valence-corrected chi connectivity index (χ3v) is 4.78. The van der Waals surface area contributed by atoms with Crippen LogP contribution in [0, 0.1) is 5.92 Å². The van der Waals surface area contributed by atoms with Gasteiger partial charge in [0.25, 0.3) is 0 Å². The molecule has 0 aromatic rings. The summed E-state index contributed by atoms with van der Waals surface area (Å²) in [4.78, 5) is 23.1. The normalized spacial score (nSPS) is 38.3. The quantitative estimate of drug-likeness (QED) is 0.450. The van der Waals surface area contributed by atoms with Gasteiger partial charge in [-0.2, -0.15) is 0 Å². The molecule has 9 nitrogen and oxygen atoms in total. The van der Waals surface area contributed by atoms with Gasteiger partial charge in [0.15, 0.2) is 0 Å². The molecule has 1 fully saturated rings. The lowest BCUT2D eigenvalue weighted by molar-refractivity contribution is -0.258. The van der Waals surface area contributed by atoms with Crippen molar-refractivity contribution in [2.45, 2.75) is 50.6 Å². The average molecular weight is 381 g/mol. The van der Waals surface area contributed by atoms with Crippen molar-refractivity contribution in [2.75, 3.05) is 6.61 Å². The van der Waals surface area contributed by atoms with E-state index < -0.39 is 55.2 Å². The van der Waals surface area contributed by atoms with Gasteiger partial charge in [-0.3, -0.25) is 4.79 Å². The van der Waals surface area contributed by atoms with Crippen LogP contribution >= 0.6 is 0 Å². The van der Waals surface area contributed by atoms with Crippen molar-refractivity contribution in [3.8, 4) is 0 Å². The predicted molar refractivity (Wildman–Crippen MR) is 90.8 cm³/mol. The lowest BCUT2D eigenvalue weighted by Crippen LogP contribution is -2.64. The third-order valence-electron chi connectivity index (χ3n) is 4.78. The van der Waals surface area contributed by atoms with E-state index in [9.17, 15) is 24.9 Å². The Balaban J connectivity index is 1.78. The van der Waals surface area contributed by atoms with Gasteiger partial charge < -0.3 is 34.8 Å². The minimum atomic E-state index is -1.40. The maximum absolute atomic E-state index is 11.6. The summed E-state index contributed by atoms with van der Waals surface area (Å²) in [5, 5.41) is 32.2. The summed E-state index contributed by atoms with van der Waals surface area (Å²) in [5.41, 5.74) is 0.867. The van der Waals surface area contributed by atoms with Crippen LogP contribution in [-0.2, 0) is 23.8 Å². The highest BCUT2D eigenvalue weighted by Crippen LogP contribution is 2.32. The fourth-order valence-electron chi connectivity index (χ4n) is 3.38. The van der Waals surface area contributed by atoms with Crippen LogP contribution in [0.25, 0.3) is 0 Å². The Kier molecular flexibility index (Phi) is 5.66. The highest BCUT2D eigenvalue weighted by atomic mass is 16.7. The van der Waals surface area contributed by atoms with Crippen molar-refractivity contribution >= 4 is 11.9 Å². The largest absolute Gasteiger partial charge is 0.463 e. The third kappa shape index (κ3) is 4.06. The summed E-state index contributed by atoms with van der Waals surface area (Å²) in [6.07, 6.45) is 0.990. The minimum absolute atomic E-state index is 0.0916. The summed E-state index contributed by atoms with van der Waals surface area (Å²) < 4.78 is 16.6. The lowest BCUT2D eigenvalue weighted by Gasteiger charge is -2.42. The van der Waals surface area contributed by atoms with Gasteiger partial charge in [0.1, 0.15) is 36.2 Å². The zero-order chi connectivity index (χ0) is 19.7. The Morgan fingerprint density at radius 1 is 1.33 bits per heavy atom. The Morgan fingerprint density at radius 2 is 2.07 bits per heavy atom. The van der Waals surface area contributed by atoms with Gasteiger partial charge in [-0.1, -0.05) is 11.6 Å². The van der Waals surface area contributed by atoms with Gasteiger partial charge in [-0.25, -0.2) is 4.79 Å². The number of hydrogen-bond acceptors (Lipinski definition) is 8. The Morgan fingerprint density at radius 3 is 2.74 bits per heavy atom. The standard InChI is InChI=1S/C18H23NO8/c1-8-5-14(22)26-12-6-10(3-4-11(8)12)25-18-15(19-9(2)21)17(24)16(23)13(7-20)27-18/h3-6,11-13,15-18,20,23-24H,7H2,1-2H3,(H,19,21)/t11-,12-,13+,15+,16+,17+,18+/m0/s1. The van der Waals surface area contributed by atoms with Crippen LogP contribution in [-0.4, -0.2) is 70.6 Å². The first-order valence-electron chi connectivity index (χ1n) is 8.65. The summed E-state index contributed by atoms with van der Waals surface area (Å²) in [6, 6.07) is -1.05. The molecule has 9 heteroatoms. The molecule has 0 unspecified atom stereocenters. The monoisotopic (exact) mass is 381 g/mol. The van der Waals surface area contributed by atoms with E-state index in [4.69, 9.17) is 14.2 Å². The van der Waals surface area contributed by atoms with E-state index in [-0.39, 0.29) is 5.92 Å². The minimum Gasteiger partial charge on any atom is -0.463 e.